The maximum Gasteiger partial charge on any atom is 0.0948 e. The summed E-state index contributed by atoms with van der Waals surface area (Å²) >= 11 is 5.44. The molecule has 0 saturated carbocycles. The first kappa shape index (κ1) is 15.7. The summed E-state index contributed by atoms with van der Waals surface area (Å²) in [6.07, 6.45) is 1.04. The number of aryl methyl sites for hydroxylation is 1. The molecule has 108 valence electrons. The lowest BCUT2D eigenvalue weighted by Gasteiger charge is -2.16. The van der Waals surface area contributed by atoms with Crippen LogP contribution in [0.2, 0.25) is 0 Å². The minimum Gasteiger partial charge on any atom is -0.303 e. The topological polar surface area (TPSA) is 16.1 Å². The summed E-state index contributed by atoms with van der Waals surface area (Å²) in [5, 5.41) is 1.24. The van der Waals surface area contributed by atoms with Crippen molar-refractivity contribution in [2.45, 2.75) is 27.2 Å². The fraction of sp³-hybridized carbons (Fsp3) is 0.438. The Balaban J connectivity index is 2.16. The molecule has 0 aliphatic heterocycles. The van der Waals surface area contributed by atoms with Gasteiger partial charge in [-0.25, -0.2) is 4.98 Å². The summed E-state index contributed by atoms with van der Waals surface area (Å²) in [4.78, 5) is 8.58. The van der Waals surface area contributed by atoms with Crippen molar-refractivity contribution in [1.82, 2.24) is 9.88 Å². The first-order valence-electron chi connectivity index (χ1n) is 7.09. The Bertz CT molecular complexity index is 561. The van der Waals surface area contributed by atoms with E-state index < -0.39 is 0 Å². The second-order valence-electron chi connectivity index (χ2n) is 4.77. The average molecular weight is 353 g/mol. The Labute approximate surface area is 134 Å². The van der Waals surface area contributed by atoms with E-state index in [0.29, 0.717) is 0 Å². The SMILES string of the molecule is CCN(CC)CCc1nc(-c2ccccc2Br)c(C)s1. The van der Waals surface area contributed by atoms with Crippen molar-refractivity contribution >= 4 is 27.3 Å². The van der Waals surface area contributed by atoms with Gasteiger partial charge in [0.25, 0.3) is 0 Å². The second-order valence-corrected chi connectivity index (χ2v) is 6.91. The van der Waals surface area contributed by atoms with Gasteiger partial charge in [0.2, 0.25) is 0 Å². The van der Waals surface area contributed by atoms with Gasteiger partial charge in [-0.15, -0.1) is 11.3 Å². The summed E-state index contributed by atoms with van der Waals surface area (Å²) in [6.45, 7) is 9.89. The number of nitrogens with zero attached hydrogens (tertiary/aromatic N) is 2. The molecule has 0 atom stereocenters. The standard InChI is InChI=1S/C16H21BrN2S/c1-4-19(5-2)11-10-15-18-16(12(3)20-15)13-8-6-7-9-14(13)17/h6-9H,4-5,10-11H2,1-3H3. The summed E-state index contributed by atoms with van der Waals surface area (Å²) in [7, 11) is 0. The number of hydrogen-bond donors (Lipinski definition) is 0. The molecule has 0 aliphatic rings. The molecular formula is C16H21BrN2S. The van der Waals surface area contributed by atoms with Crippen LogP contribution in [0.5, 0.6) is 0 Å². The maximum atomic E-state index is 4.84. The van der Waals surface area contributed by atoms with Crippen LogP contribution in [0, 0.1) is 6.92 Å². The van der Waals surface area contributed by atoms with E-state index in [2.05, 4.69) is 59.8 Å². The molecule has 0 saturated heterocycles. The van der Waals surface area contributed by atoms with Gasteiger partial charge in [-0.05, 0) is 26.1 Å². The summed E-state index contributed by atoms with van der Waals surface area (Å²) in [5.41, 5.74) is 2.31. The van der Waals surface area contributed by atoms with Crippen LogP contribution in [-0.2, 0) is 6.42 Å². The van der Waals surface area contributed by atoms with Crippen LogP contribution < -0.4 is 0 Å². The van der Waals surface area contributed by atoms with Crippen molar-refractivity contribution < 1.29 is 0 Å². The molecule has 4 heteroatoms. The van der Waals surface area contributed by atoms with E-state index in [1.165, 1.54) is 15.4 Å². The third kappa shape index (κ3) is 3.68. The van der Waals surface area contributed by atoms with Crippen molar-refractivity contribution in [3.05, 3.63) is 38.6 Å². The number of rotatable bonds is 6. The van der Waals surface area contributed by atoms with Gasteiger partial charge in [-0.3, -0.25) is 0 Å². The van der Waals surface area contributed by atoms with Gasteiger partial charge >= 0.3 is 0 Å². The average Bonchev–Trinajstić information content (AvgIpc) is 2.81. The Morgan fingerprint density at radius 2 is 1.90 bits per heavy atom. The van der Waals surface area contributed by atoms with E-state index in [4.69, 9.17) is 4.98 Å². The molecule has 1 heterocycles. The Morgan fingerprint density at radius 1 is 1.20 bits per heavy atom. The minimum atomic E-state index is 1.04. The zero-order valence-electron chi connectivity index (χ0n) is 12.3. The first-order chi connectivity index (χ1) is 9.65. The monoisotopic (exact) mass is 352 g/mol. The number of halogens is 1. The van der Waals surface area contributed by atoms with Gasteiger partial charge in [0.15, 0.2) is 0 Å². The van der Waals surface area contributed by atoms with Gasteiger partial charge < -0.3 is 4.90 Å². The van der Waals surface area contributed by atoms with Crippen LogP contribution in [0.3, 0.4) is 0 Å². The van der Waals surface area contributed by atoms with E-state index in [1.54, 1.807) is 0 Å². The maximum absolute atomic E-state index is 4.84. The van der Waals surface area contributed by atoms with Gasteiger partial charge in [0.1, 0.15) is 0 Å². The number of thiazole rings is 1. The molecule has 1 aromatic carbocycles. The van der Waals surface area contributed by atoms with Gasteiger partial charge in [-0.2, -0.15) is 0 Å². The zero-order chi connectivity index (χ0) is 14.5. The molecule has 2 nitrogen and oxygen atoms in total. The molecule has 0 spiro atoms. The van der Waals surface area contributed by atoms with E-state index in [9.17, 15) is 0 Å². The summed E-state index contributed by atoms with van der Waals surface area (Å²) in [5.74, 6) is 0. The number of aromatic nitrogens is 1. The molecule has 2 rings (SSSR count). The molecule has 1 aromatic heterocycles. The first-order valence-corrected chi connectivity index (χ1v) is 8.70. The highest BCUT2D eigenvalue weighted by Gasteiger charge is 2.12. The molecular weight excluding hydrogens is 332 g/mol. The molecule has 0 radical (unpaired) electrons. The third-order valence-electron chi connectivity index (χ3n) is 3.51. The van der Waals surface area contributed by atoms with Crippen LogP contribution in [0.15, 0.2) is 28.7 Å². The van der Waals surface area contributed by atoms with Crippen molar-refractivity contribution in [2.24, 2.45) is 0 Å². The Hall–Kier alpha value is -0.710. The number of likely N-dealkylation sites (N-methyl/N-ethyl adjacent to an activating group) is 1. The predicted molar refractivity (Wildman–Crippen MR) is 91.5 cm³/mol. The fourth-order valence-electron chi connectivity index (χ4n) is 2.25. The van der Waals surface area contributed by atoms with Crippen LogP contribution in [0.1, 0.15) is 23.7 Å². The van der Waals surface area contributed by atoms with Gasteiger partial charge in [0.05, 0.1) is 10.7 Å². The minimum absolute atomic E-state index is 1.04. The lowest BCUT2D eigenvalue weighted by molar-refractivity contribution is 0.308. The molecule has 0 N–H and O–H groups in total. The number of hydrogen-bond acceptors (Lipinski definition) is 3. The van der Waals surface area contributed by atoms with Crippen molar-refractivity contribution in [1.29, 1.82) is 0 Å². The molecule has 20 heavy (non-hydrogen) atoms. The quantitative estimate of drug-likeness (QED) is 0.744. The molecule has 0 unspecified atom stereocenters. The van der Waals surface area contributed by atoms with E-state index in [-0.39, 0.29) is 0 Å². The molecule has 2 aromatic rings. The van der Waals surface area contributed by atoms with Crippen LogP contribution >= 0.6 is 27.3 Å². The van der Waals surface area contributed by atoms with Crippen LogP contribution in [0.4, 0.5) is 0 Å². The number of benzene rings is 1. The molecule has 0 fully saturated rings. The highest BCUT2D eigenvalue weighted by molar-refractivity contribution is 9.10. The van der Waals surface area contributed by atoms with Crippen molar-refractivity contribution in [3.8, 4) is 11.3 Å². The normalized spacial score (nSPS) is 11.2. The van der Waals surface area contributed by atoms with E-state index in [1.807, 2.05) is 17.4 Å². The largest absolute Gasteiger partial charge is 0.303 e. The fourth-order valence-corrected chi connectivity index (χ4v) is 3.66. The van der Waals surface area contributed by atoms with Gasteiger partial charge in [0, 0.05) is 27.9 Å². The third-order valence-corrected chi connectivity index (χ3v) is 5.23. The lowest BCUT2D eigenvalue weighted by Crippen LogP contribution is -2.25. The zero-order valence-corrected chi connectivity index (χ0v) is 14.7. The Kier molecular flexibility index (Phi) is 5.75. The van der Waals surface area contributed by atoms with E-state index >= 15 is 0 Å². The second kappa shape index (κ2) is 7.34. The highest BCUT2D eigenvalue weighted by atomic mass is 79.9. The smallest absolute Gasteiger partial charge is 0.0948 e. The van der Waals surface area contributed by atoms with Crippen molar-refractivity contribution in [3.63, 3.8) is 0 Å². The highest BCUT2D eigenvalue weighted by Crippen LogP contribution is 2.32. The predicted octanol–water partition coefficient (Wildman–Crippen LogP) is 4.77. The molecule has 0 amide bonds. The van der Waals surface area contributed by atoms with Crippen LogP contribution in [0.25, 0.3) is 11.3 Å². The van der Waals surface area contributed by atoms with Crippen LogP contribution in [-0.4, -0.2) is 29.5 Å². The summed E-state index contributed by atoms with van der Waals surface area (Å²) in [6, 6.07) is 8.30. The summed E-state index contributed by atoms with van der Waals surface area (Å²) < 4.78 is 1.11. The Morgan fingerprint density at radius 3 is 2.55 bits per heavy atom. The molecule has 0 bridgehead atoms. The lowest BCUT2D eigenvalue weighted by atomic mass is 10.1. The van der Waals surface area contributed by atoms with Gasteiger partial charge in [-0.1, -0.05) is 48.0 Å². The van der Waals surface area contributed by atoms with Crippen molar-refractivity contribution in [2.75, 3.05) is 19.6 Å². The molecule has 0 aliphatic carbocycles. The van der Waals surface area contributed by atoms with E-state index in [0.717, 1.165) is 36.2 Å².